The lowest BCUT2D eigenvalue weighted by atomic mass is 9.92. The summed E-state index contributed by atoms with van der Waals surface area (Å²) in [6.07, 6.45) is 5.03. The fourth-order valence-electron chi connectivity index (χ4n) is 5.67. The van der Waals surface area contributed by atoms with Crippen molar-refractivity contribution in [1.29, 1.82) is 0 Å². The van der Waals surface area contributed by atoms with Gasteiger partial charge in [0.2, 0.25) is 11.8 Å². The zero-order chi connectivity index (χ0) is 33.3. The molecule has 0 atom stereocenters. The average molecular weight is 642 g/mol. The van der Waals surface area contributed by atoms with E-state index < -0.39 is 5.97 Å². The Labute approximate surface area is 278 Å². The minimum absolute atomic E-state index is 0.0271. The third-order valence-corrected chi connectivity index (χ3v) is 8.21. The predicted molar refractivity (Wildman–Crippen MR) is 183 cm³/mol. The number of benzene rings is 4. The van der Waals surface area contributed by atoms with Gasteiger partial charge in [0.25, 0.3) is 5.91 Å². The monoisotopic (exact) mass is 641 g/mol. The van der Waals surface area contributed by atoms with Crippen molar-refractivity contribution < 1.29 is 29.0 Å². The molecule has 1 aliphatic rings. The molecule has 0 radical (unpaired) electrons. The van der Waals surface area contributed by atoms with Crippen molar-refractivity contribution in [2.45, 2.75) is 44.2 Å². The highest BCUT2D eigenvalue weighted by Crippen LogP contribution is 2.28. The number of nitrogens with zero attached hydrogens (tertiary/aromatic N) is 1. The first-order chi connectivity index (χ1) is 23.4. The van der Waals surface area contributed by atoms with Crippen LogP contribution in [0.4, 0.5) is 5.69 Å². The second kappa shape index (κ2) is 15.1. The molecule has 0 spiro atoms. The second-order valence-corrected chi connectivity index (χ2v) is 11.7. The van der Waals surface area contributed by atoms with E-state index in [0.717, 1.165) is 42.6 Å². The first-order valence-electron chi connectivity index (χ1n) is 15.9. The van der Waals surface area contributed by atoms with Crippen LogP contribution < -0.4 is 20.1 Å². The van der Waals surface area contributed by atoms with E-state index in [1.54, 1.807) is 36.5 Å². The number of pyridine rings is 1. The molecule has 4 aromatic carbocycles. The minimum Gasteiger partial charge on any atom is -0.490 e. The molecule has 1 aliphatic carbocycles. The van der Waals surface area contributed by atoms with Crippen LogP contribution in [0.2, 0.25) is 0 Å². The fraction of sp³-hybridized carbons (Fsp3) is 0.179. The highest BCUT2D eigenvalue weighted by molar-refractivity contribution is 6.01. The summed E-state index contributed by atoms with van der Waals surface area (Å²) < 4.78 is 12.1. The summed E-state index contributed by atoms with van der Waals surface area (Å²) >= 11 is 0. The van der Waals surface area contributed by atoms with Gasteiger partial charge in [-0.2, -0.15) is 0 Å². The lowest BCUT2D eigenvalue weighted by molar-refractivity contribution is -0.115. The van der Waals surface area contributed by atoms with Gasteiger partial charge in [-0.05, 0) is 90.9 Å². The number of aromatic nitrogens is 1. The van der Waals surface area contributed by atoms with E-state index in [2.05, 4.69) is 27.8 Å². The maximum absolute atomic E-state index is 12.9. The van der Waals surface area contributed by atoms with Crippen LogP contribution in [0.25, 0.3) is 11.1 Å². The van der Waals surface area contributed by atoms with Crippen LogP contribution in [-0.4, -0.2) is 40.0 Å². The lowest BCUT2D eigenvalue weighted by Crippen LogP contribution is -2.39. The molecule has 0 bridgehead atoms. The number of carboxylic acids is 1. The summed E-state index contributed by atoms with van der Waals surface area (Å²) in [6.45, 7) is 0. The molecule has 9 heteroatoms. The minimum atomic E-state index is -1.11. The zero-order valence-corrected chi connectivity index (χ0v) is 26.2. The van der Waals surface area contributed by atoms with E-state index in [1.165, 1.54) is 6.07 Å². The number of ether oxygens (including phenoxy) is 2. The van der Waals surface area contributed by atoms with Gasteiger partial charge in [0.05, 0.1) is 23.8 Å². The molecule has 5 aromatic rings. The Morgan fingerprint density at radius 2 is 1.40 bits per heavy atom. The highest BCUT2D eigenvalue weighted by Gasteiger charge is 2.24. The van der Waals surface area contributed by atoms with Crippen LogP contribution in [0.3, 0.4) is 0 Å². The van der Waals surface area contributed by atoms with Gasteiger partial charge in [-0.3, -0.25) is 9.59 Å². The number of anilines is 1. The lowest BCUT2D eigenvalue weighted by Gasteiger charge is -2.29. The van der Waals surface area contributed by atoms with Crippen LogP contribution in [0.1, 0.15) is 52.0 Å². The number of amides is 2. The van der Waals surface area contributed by atoms with Gasteiger partial charge in [-0.1, -0.05) is 60.7 Å². The molecule has 48 heavy (non-hydrogen) atoms. The van der Waals surface area contributed by atoms with Crippen molar-refractivity contribution in [2.75, 3.05) is 5.32 Å². The summed E-state index contributed by atoms with van der Waals surface area (Å²) in [5, 5.41) is 15.1. The van der Waals surface area contributed by atoms with Gasteiger partial charge in [0.15, 0.2) is 0 Å². The number of nitrogens with one attached hydrogen (secondary N) is 2. The molecule has 3 N–H and O–H groups in total. The predicted octanol–water partition coefficient (Wildman–Crippen LogP) is 7.54. The van der Waals surface area contributed by atoms with Crippen molar-refractivity contribution in [3.05, 3.63) is 138 Å². The second-order valence-electron chi connectivity index (χ2n) is 11.7. The number of hydrogen-bond donors (Lipinski definition) is 3. The molecule has 1 saturated carbocycles. The molecule has 0 aliphatic heterocycles. The molecular formula is C39H35N3O6. The van der Waals surface area contributed by atoms with Crippen molar-refractivity contribution >= 4 is 23.5 Å². The summed E-state index contributed by atoms with van der Waals surface area (Å²) in [4.78, 5) is 41.0. The molecule has 1 heterocycles. The van der Waals surface area contributed by atoms with Crippen LogP contribution in [0, 0.1) is 0 Å². The zero-order valence-electron chi connectivity index (χ0n) is 26.2. The Bertz CT molecular complexity index is 1850. The van der Waals surface area contributed by atoms with Crippen molar-refractivity contribution in [3.8, 4) is 28.5 Å². The largest absolute Gasteiger partial charge is 0.490 e. The maximum Gasteiger partial charge on any atom is 0.337 e. The normalized spacial score (nSPS) is 15.6. The van der Waals surface area contributed by atoms with Crippen LogP contribution >= 0.6 is 0 Å². The van der Waals surface area contributed by atoms with Gasteiger partial charge < -0.3 is 25.2 Å². The molecule has 1 fully saturated rings. The Kier molecular flexibility index (Phi) is 10.1. The van der Waals surface area contributed by atoms with E-state index in [-0.39, 0.29) is 41.6 Å². The molecule has 2 amide bonds. The quantitative estimate of drug-likeness (QED) is 0.136. The number of aromatic carboxylic acids is 1. The number of carbonyl (C=O) groups excluding carboxylic acids is 2. The van der Waals surface area contributed by atoms with Crippen molar-refractivity contribution in [1.82, 2.24) is 10.3 Å². The molecule has 242 valence electrons. The number of carbonyl (C=O) groups is 3. The van der Waals surface area contributed by atoms with Gasteiger partial charge >= 0.3 is 5.97 Å². The summed E-state index contributed by atoms with van der Waals surface area (Å²) in [5.41, 5.74) is 3.79. The number of para-hydroxylation sites is 1. The smallest absolute Gasteiger partial charge is 0.337 e. The molecule has 1 aromatic heterocycles. The first kappa shape index (κ1) is 32.0. The van der Waals surface area contributed by atoms with Crippen molar-refractivity contribution in [2.24, 2.45) is 0 Å². The van der Waals surface area contributed by atoms with Crippen molar-refractivity contribution in [3.63, 3.8) is 0 Å². The Hall–Kier alpha value is -5.96. The van der Waals surface area contributed by atoms with E-state index in [1.807, 2.05) is 66.7 Å². The summed E-state index contributed by atoms with van der Waals surface area (Å²) in [7, 11) is 0. The Morgan fingerprint density at radius 1 is 0.729 bits per heavy atom. The molecule has 0 saturated heterocycles. The molecule has 6 rings (SSSR count). The van der Waals surface area contributed by atoms with Gasteiger partial charge in [-0.15, -0.1) is 0 Å². The van der Waals surface area contributed by atoms with Crippen LogP contribution in [0.5, 0.6) is 17.4 Å². The Balaban J connectivity index is 0.928. The SMILES string of the molecule is O=C(Cc1ccc(Oc2ccc(OC3CCC(NC(=O)c4ccc(-c5ccccc5)cc4)CC3)cc2)nc1)Nc1ccccc1C(=O)O. The number of carboxylic acid groups (broad SMARTS) is 1. The molecular weight excluding hydrogens is 606 g/mol. The van der Waals surface area contributed by atoms with Crippen LogP contribution in [-0.2, 0) is 11.2 Å². The standard InChI is InChI=1S/C39H35N3O6/c43-36(42-35-9-5-4-8-34(35)39(45)46)24-26-10-23-37(40-25-26)48-33-21-19-32(20-22-33)47-31-17-15-30(16-18-31)41-38(44)29-13-11-28(12-14-29)27-6-2-1-3-7-27/h1-14,19-23,25,30-31H,15-18,24H2,(H,41,44)(H,42,43)(H,45,46). The number of rotatable bonds is 11. The van der Waals surface area contributed by atoms with Gasteiger partial charge in [0.1, 0.15) is 11.5 Å². The summed E-state index contributed by atoms with van der Waals surface area (Å²) in [6, 6.07) is 34.9. The maximum atomic E-state index is 12.9. The first-order valence-corrected chi connectivity index (χ1v) is 15.9. The highest BCUT2D eigenvalue weighted by atomic mass is 16.5. The topological polar surface area (TPSA) is 127 Å². The van der Waals surface area contributed by atoms with Gasteiger partial charge in [-0.25, -0.2) is 9.78 Å². The number of hydrogen-bond acceptors (Lipinski definition) is 6. The Morgan fingerprint density at radius 3 is 2.08 bits per heavy atom. The third-order valence-electron chi connectivity index (χ3n) is 8.21. The fourth-order valence-corrected chi connectivity index (χ4v) is 5.67. The van der Waals surface area contributed by atoms with E-state index in [0.29, 0.717) is 22.8 Å². The average Bonchev–Trinajstić information content (AvgIpc) is 3.11. The summed E-state index contributed by atoms with van der Waals surface area (Å²) in [5.74, 6) is 0.194. The third kappa shape index (κ3) is 8.44. The van der Waals surface area contributed by atoms with Gasteiger partial charge in [0, 0.05) is 23.9 Å². The molecule has 9 nitrogen and oxygen atoms in total. The molecule has 0 unspecified atom stereocenters. The van der Waals surface area contributed by atoms with E-state index in [4.69, 9.17) is 9.47 Å². The van der Waals surface area contributed by atoms with E-state index >= 15 is 0 Å². The van der Waals surface area contributed by atoms with Crippen LogP contribution in [0.15, 0.2) is 121 Å². The van der Waals surface area contributed by atoms with E-state index in [9.17, 15) is 19.5 Å².